The van der Waals surface area contributed by atoms with Crippen LogP contribution in [0.5, 0.6) is 0 Å². The first-order valence-electron chi connectivity index (χ1n) is 7.82. The lowest BCUT2D eigenvalue weighted by molar-refractivity contribution is 0.251. The van der Waals surface area contributed by atoms with Crippen LogP contribution in [0.3, 0.4) is 0 Å². The van der Waals surface area contributed by atoms with Gasteiger partial charge in [0.05, 0.1) is 22.9 Å². The molecule has 3 N–H and O–H groups in total. The van der Waals surface area contributed by atoms with Crippen LogP contribution in [0.25, 0.3) is 22.6 Å². The van der Waals surface area contributed by atoms with E-state index in [1.54, 1.807) is 6.20 Å². The first kappa shape index (κ1) is 13.8. The van der Waals surface area contributed by atoms with Crippen LogP contribution < -0.4 is 10.6 Å². The van der Waals surface area contributed by atoms with E-state index < -0.39 is 0 Å². The molecule has 0 spiro atoms. The lowest BCUT2D eigenvalue weighted by Gasteiger charge is -2.08. The van der Waals surface area contributed by atoms with Crippen molar-refractivity contribution < 1.29 is 4.79 Å². The molecule has 0 aliphatic heterocycles. The van der Waals surface area contributed by atoms with Crippen LogP contribution in [0, 0.1) is 0 Å². The molecule has 118 valence electrons. The number of fused-ring (bicyclic) bond motifs is 1. The standard InChI is InChI=1S/C16H18N6O/c1-2-22-13-6-4-3-5-11(13)19-15(22)14-12(9-17-21-14)20-16(23)18-10-7-8-10/h3-6,9-10H,2,7-8H2,1H3,(H,17,21)(H2,18,20,23). The molecule has 4 rings (SSSR count). The van der Waals surface area contributed by atoms with Gasteiger partial charge in [-0.1, -0.05) is 12.1 Å². The number of imidazole rings is 1. The summed E-state index contributed by atoms with van der Waals surface area (Å²) in [6.07, 6.45) is 3.72. The van der Waals surface area contributed by atoms with Crippen molar-refractivity contribution >= 4 is 22.8 Å². The van der Waals surface area contributed by atoms with E-state index in [9.17, 15) is 4.79 Å². The molecule has 7 heteroatoms. The van der Waals surface area contributed by atoms with Crippen molar-refractivity contribution in [3.05, 3.63) is 30.5 Å². The van der Waals surface area contributed by atoms with E-state index in [-0.39, 0.29) is 6.03 Å². The minimum atomic E-state index is -0.200. The van der Waals surface area contributed by atoms with Gasteiger partial charge in [0.2, 0.25) is 0 Å². The topological polar surface area (TPSA) is 87.6 Å². The summed E-state index contributed by atoms with van der Waals surface area (Å²) in [5.41, 5.74) is 3.34. The minimum Gasteiger partial charge on any atom is -0.335 e. The highest BCUT2D eigenvalue weighted by molar-refractivity contribution is 5.93. The molecule has 0 atom stereocenters. The molecule has 23 heavy (non-hydrogen) atoms. The van der Waals surface area contributed by atoms with Crippen LogP contribution >= 0.6 is 0 Å². The van der Waals surface area contributed by atoms with Crippen LogP contribution in [-0.4, -0.2) is 31.8 Å². The molecular weight excluding hydrogens is 292 g/mol. The van der Waals surface area contributed by atoms with Crippen LogP contribution in [0.2, 0.25) is 0 Å². The number of para-hydroxylation sites is 2. The predicted octanol–water partition coefficient (Wildman–Crippen LogP) is 2.73. The number of nitrogens with one attached hydrogen (secondary N) is 3. The summed E-state index contributed by atoms with van der Waals surface area (Å²) in [7, 11) is 0. The Hall–Kier alpha value is -2.83. The number of carbonyl (C=O) groups excluding carboxylic acids is 1. The fraction of sp³-hybridized carbons (Fsp3) is 0.312. The molecule has 2 amide bonds. The summed E-state index contributed by atoms with van der Waals surface area (Å²) >= 11 is 0. The van der Waals surface area contributed by atoms with E-state index >= 15 is 0 Å². The Morgan fingerprint density at radius 2 is 2.22 bits per heavy atom. The zero-order chi connectivity index (χ0) is 15.8. The van der Waals surface area contributed by atoms with Gasteiger partial charge < -0.3 is 15.2 Å². The zero-order valence-corrected chi connectivity index (χ0v) is 12.8. The first-order chi connectivity index (χ1) is 11.3. The molecular formula is C16H18N6O. The summed E-state index contributed by atoms with van der Waals surface area (Å²) in [5.74, 6) is 0.771. The molecule has 2 heterocycles. The maximum absolute atomic E-state index is 12.0. The van der Waals surface area contributed by atoms with Crippen LogP contribution in [0.4, 0.5) is 10.5 Å². The molecule has 2 aromatic heterocycles. The van der Waals surface area contributed by atoms with Crippen molar-refractivity contribution in [2.24, 2.45) is 0 Å². The second-order valence-electron chi connectivity index (χ2n) is 5.70. The maximum Gasteiger partial charge on any atom is 0.319 e. The number of aromatic nitrogens is 4. The van der Waals surface area contributed by atoms with Gasteiger partial charge in [0, 0.05) is 12.6 Å². The Morgan fingerprint density at radius 1 is 1.39 bits per heavy atom. The van der Waals surface area contributed by atoms with Gasteiger partial charge in [-0.05, 0) is 31.9 Å². The number of H-pyrrole nitrogens is 1. The van der Waals surface area contributed by atoms with Crippen molar-refractivity contribution in [1.82, 2.24) is 25.1 Å². The molecule has 1 saturated carbocycles. The summed E-state index contributed by atoms with van der Waals surface area (Å²) in [5, 5.41) is 12.8. The van der Waals surface area contributed by atoms with Crippen LogP contribution in [0.1, 0.15) is 19.8 Å². The number of anilines is 1. The van der Waals surface area contributed by atoms with Crippen LogP contribution in [0.15, 0.2) is 30.5 Å². The fourth-order valence-electron chi connectivity index (χ4n) is 2.71. The third-order valence-corrected chi connectivity index (χ3v) is 3.99. The number of aryl methyl sites for hydroxylation is 1. The summed E-state index contributed by atoms with van der Waals surface area (Å²) < 4.78 is 2.10. The largest absolute Gasteiger partial charge is 0.335 e. The Kier molecular flexibility index (Phi) is 3.25. The first-order valence-corrected chi connectivity index (χ1v) is 7.82. The monoisotopic (exact) mass is 310 g/mol. The van der Waals surface area contributed by atoms with Gasteiger partial charge in [-0.2, -0.15) is 5.10 Å². The normalized spacial score (nSPS) is 14.1. The van der Waals surface area contributed by atoms with Crippen molar-refractivity contribution in [2.45, 2.75) is 32.4 Å². The van der Waals surface area contributed by atoms with Gasteiger partial charge in [0.25, 0.3) is 0 Å². The molecule has 3 aromatic rings. The number of aromatic amines is 1. The summed E-state index contributed by atoms with van der Waals surface area (Å²) in [6.45, 7) is 2.85. The van der Waals surface area contributed by atoms with Crippen molar-refractivity contribution in [1.29, 1.82) is 0 Å². The van der Waals surface area contributed by atoms with E-state index in [1.807, 2.05) is 24.3 Å². The number of carbonyl (C=O) groups is 1. The highest BCUT2D eigenvalue weighted by Gasteiger charge is 2.24. The van der Waals surface area contributed by atoms with Gasteiger partial charge >= 0.3 is 6.03 Å². The van der Waals surface area contributed by atoms with Gasteiger partial charge in [0.1, 0.15) is 5.69 Å². The third kappa shape index (κ3) is 2.54. The molecule has 0 unspecified atom stereocenters. The third-order valence-electron chi connectivity index (χ3n) is 3.99. The second-order valence-corrected chi connectivity index (χ2v) is 5.70. The quantitative estimate of drug-likeness (QED) is 0.692. The van der Waals surface area contributed by atoms with Crippen molar-refractivity contribution in [2.75, 3.05) is 5.32 Å². The minimum absolute atomic E-state index is 0.200. The number of amides is 2. The van der Waals surface area contributed by atoms with E-state index in [2.05, 4.69) is 37.3 Å². The van der Waals surface area contributed by atoms with Crippen molar-refractivity contribution in [3.8, 4) is 11.5 Å². The number of urea groups is 1. The Balaban J connectivity index is 1.70. The van der Waals surface area contributed by atoms with E-state index in [4.69, 9.17) is 0 Å². The van der Waals surface area contributed by atoms with Gasteiger partial charge in [-0.25, -0.2) is 9.78 Å². The predicted molar refractivity (Wildman–Crippen MR) is 88.2 cm³/mol. The Bertz CT molecular complexity index is 860. The average molecular weight is 310 g/mol. The molecule has 7 nitrogen and oxygen atoms in total. The lowest BCUT2D eigenvalue weighted by atomic mass is 10.3. The summed E-state index contributed by atoms with van der Waals surface area (Å²) in [6, 6.07) is 8.09. The highest BCUT2D eigenvalue weighted by atomic mass is 16.2. The Morgan fingerprint density at radius 3 is 3.00 bits per heavy atom. The number of nitrogens with zero attached hydrogens (tertiary/aromatic N) is 3. The van der Waals surface area contributed by atoms with Gasteiger partial charge in [-0.15, -0.1) is 0 Å². The smallest absolute Gasteiger partial charge is 0.319 e. The number of hydrogen-bond donors (Lipinski definition) is 3. The molecule has 1 aliphatic rings. The highest BCUT2D eigenvalue weighted by Crippen LogP contribution is 2.28. The SMILES string of the molecule is CCn1c(-c2[nH]ncc2NC(=O)NC2CC2)nc2ccccc21. The molecule has 0 saturated heterocycles. The van der Waals surface area contributed by atoms with Gasteiger partial charge in [0.15, 0.2) is 5.82 Å². The molecule has 1 fully saturated rings. The second kappa shape index (κ2) is 5.42. The molecule has 1 aliphatic carbocycles. The van der Waals surface area contributed by atoms with E-state index in [0.29, 0.717) is 17.4 Å². The number of benzene rings is 1. The average Bonchev–Trinajstić information content (AvgIpc) is 3.11. The fourth-order valence-corrected chi connectivity index (χ4v) is 2.71. The van der Waals surface area contributed by atoms with Crippen LogP contribution in [-0.2, 0) is 6.54 Å². The maximum atomic E-state index is 12.0. The van der Waals surface area contributed by atoms with E-state index in [1.165, 1.54) is 0 Å². The number of hydrogen-bond acceptors (Lipinski definition) is 3. The zero-order valence-electron chi connectivity index (χ0n) is 12.8. The van der Waals surface area contributed by atoms with Crippen molar-refractivity contribution in [3.63, 3.8) is 0 Å². The van der Waals surface area contributed by atoms with E-state index in [0.717, 1.165) is 36.2 Å². The summed E-state index contributed by atoms with van der Waals surface area (Å²) in [4.78, 5) is 16.7. The molecule has 1 aromatic carbocycles. The Labute approximate surface area is 133 Å². The van der Waals surface area contributed by atoms with Gasteiger partial charge in [-0.3, -0.25) is 5.10 Å². The molecule has 0 radical (unpaired) electrons. The number of rotatable bonds is 4. The molecule has 0 bridgehead atoms. The lowest BCUT2D eigenvalue weighted by Crippen LogP contribution is -2.30.